The summed E-state index contributed by atoms with van der Waals surface area (Å²) in [5.41, 5.74) is 2.99. The predicted octanol–water partition coefficient (Wildman–Crippen LogP) is 3.46. The van der Waals surface area contributed by atoms with Gasteiger partial charge in [-0.15, -0.1) is 0 Å². The molecule has 0 saturated heterocycles. The Bertz CT molecular complexity index is 403. The molecular formula is C14H17NO. The molecule has 1 aliphatic rings. The lowest BCUT2D eigenvalue weighted by molar-refractivity contribution is 0.0991. The molecule has 0 N–H and O–H groups in total. The summed E-state index contributed by atoms with van der Waals surface area (Å²) in [7, 11) is 0. The topological polar surface area (TPSA) is 30.0 Å². The highest BCUT2D eigenvalue weighted by molar-refractivity contribution is 5.97. The first-order valence-corrected chi connectivity index (χ1v) is 5.89. The first-order chi connectivity index (χ1) is 7.75. The molecule has 2 heteroatoms. The van der Waals surface area contributed by atoms with Crippen molar-refractivity contribution in [3.63, 3.8) is 0 Å². The first-order valence-electron chi connectivity index (χ1n) is 5.89. The van der Waals surface area contributed by atoms with Crippen LogP contribution in [0.3, 0.4) is 0 Å². The van der Waals surface area contributed by atoms with Crippen molar-refractivity contribution in [1.29, 1.82) is 0 Å². The fourth-order valence-corrected chi connectivity index (χ4v) is 2.01. The number of aryl methyl sites for hydroxylation is 1. The lowest BCUT2D eigenvalue weighted by atomic mass is 9.94. The second-order valence-electron chi connectivity index (χ2n) is 4.40. The third-order valence-electron chi connectivity index (χ3n) is 3.01. The number of nitrogens with zero attached hydrogens (tertiary/aromatic N) is 1. The molecular weight excluding hydrogens is 198 g/mol. The number of ketones is 1. The number of hydrogen-bond donors (Lipinski definition) is 0. The lowest BCUT2D eigenvalue weighted by Crippen LogP contribution is -2.03. The SMILES string of the molecule is Cc1ccc(C(=O)CC2=CCCCC2)cn1. The van der Waals surface area contributed by atoms with E-state index in [9.17, 15) is 4.79 Å². The molecule has 0 radical (unpaired) electrons. The minimum Gasteiger partial charge on any atom is -0.294 e. The van der Waals surface area contributed by atoms with Crippen LogP contribution < -0.4 is 0 Å². The fraction of sp³-hybridized carbons (Fsp3) is 0.429. The third-order valence-corrected chi connectivity index (χ3v) is 3.01. The van der Waals surface area contributed by atoms with E-state index in [1.165, 1.54) is 18.4 Å². The van der Waals surface area contributed by atoms with E-state index in [1.807, 2.05) is 19.1 Å². The van der Waals surface area contributed by atoms with Crippen LogP contribution in [-0.4, -0.2) is 10.8 Å². The van der Waals surface area contributed by atoms with Crippen LogP contribution in [-0.2, 0) is 0 Å². The van der Waals surface area contributed by atoms with Crippen molar-refractivity contribution in [1.82, 2.24) is 4.98 Å². The Morgan fingerprint density at radius 1 is 1.38 bits per heavy atom. The van der Waals surface area contributed by atoms with E-state index in [-0.39, 0.29) is 5.78 Å². The quantitative estimate of drug-likeness (QED) is 0.571. The van der Waals surface area contributed by atoms with Gasteiger partial charge in [0.05, 0.1) is 0 Å². The number of rotatable bonds is 3. The maximum Gasteiger partial charge on any atom is 0.168 e. The first kappa shape index (κ1) is 11.1. The maximum absolute atomic E-state index is 11.9. The van der Waals surface area contributed by atoms with Gasteiger partial charge in [-0.3, -0.25) is 9.78 Å². The van der Waals surface area contributed by atoms with E-state index >= 15 is 0 Å². The number of allylic oxidation sites excluding steroid dienone is 2. The Labute approximate surface area is 96.4 Å². The molecule has 1 aromatic rings. The molecule has 16 heavy (non-hydrogen) atoms. The Kier molecular flexibility index (Phi) is 3.50. The van der Waals surface area contributed by atoms with Crippen LogP contribution in [0.15, 0.2) is 30.0 Å². The summed E-state index contributed by atoms with van der Waals surface area (Å²) in [5.74, 6) is 0.195. The van der Waals surface area contributed by atoms with Crippen molar-refractivity contribution in [2.24, 2.45) is 0 Å². The minimum atomic E-state index is 0.195. The number of carbonyl (C=O) groups is 1. The molecule has 0 fully saturated rings. The van der Waals surface area contributed by atoms with Gasteiger partial charge in [0.2, 0.25) is 0 Å². The van der Waals surface area contributed by atoms with Crippen molar-refractivity contribution in [3.05, 3.63) is 41.2 Å². The Morgan fingerprint density at radius 3 is 2.88 bits per heavy atom. The molecule has 1 aromatic heterocycles. The number of carbonyl (C=O) groups excluding carboxylic acids is 1. The van der Waals surface area contributed by atoms with Crippen molar-refractivity contribution in [2.45, 2.75) is 39.0 Å². The van der Waals surface area contributed by atoms with Gasteiger partial charge in [-0.2, -0.15) is 0 Å². The molecule has 84 valence electrons. The summed E-state index contributed by atoms with van der Waals surface area (Å²) in [6.45, 7) is 1.93. The second-order valence-corrected chi connectivity index (χ2v) is 4.40. The van der Waals surface area contributed by atoms with E-state index in [0.29, 0.717) is 6.42 Å². The summed E-state index contributed by atoms with van der Waals surface area (Å²) in [6.07, 6.45) is 9.20. The Hall–Kier alpha value is -1.44. The molecule has 2 rings (SSSR count). The molecule has 0 saturated carbocycles. The Morgan fingerprint density at radius 2 is 2.25 bits per heavy atom. The van der Waals surface area contributed by atoms with Gasteiger partial charge >= 0.3 is 0 Å². The standard InChI is InChI=1S/C14H17NO/c1-11-7-8-13(10-15-11)14(16)9-12-5-3-2-4-6-12/h5,7-8,10H,2-4,6,9H2,1H3. The molecule has 2 nitrogen and oxygen atoms in total. The van der Waals surface area contributed by atoms with Crippen LogP contribution in [0.25, 0.3) is 0 Å². The molecule has 0 spiro atoms. The average Bonchev–Trinajstić information content (AvgIpc) is 2.31. The Balaban J connectivity index is 2.02. The summed E-state index contributed by atoms with van der Waals surface area (Å²) in [5, 5.41) is 0. The number of hydrogen-bond acceptors (Lipinski definition) is 2. The fourth-order valence-electron chi connectivity index (χ4n) is 2.01. The highest BCUT2D eigenvalue weighted by Crippen LogP contribution is 2.21. The van der Waals surface area contributed by atoms with Crippen LogP contribution in [0.4, 0.5) is 0 Å². The maximum atomic E-state index is 11.9. The van der Waals surface area contributed by atoms with Crippen molar-refractivity contribution >= 4 is 5.78 Å². The zero-order valence-corrected chi connectivity index (χ0v) is 9.70. The number of pyridine rings is 1. The van der Waals surface area contributed by atoms with E-state index < -0.39 is 0 Å². The van der Waals surface area contributed by atoms with Gasteiger partial charge in [0.1, 0.15) is 0 Å². The molecule has 0 bridgehead atoms. The average molecular weight is 215 g/mol. The van der Waals surface area contributed by atoms with E-state index in [1.54, 1.807) is 6.20 Å². The van der Waals surface area contributed by atoms with Gasteiger partial charge in [0.15, 0.2) is 5.78 Å². The van der Waals surface area contributed by atoms with Gasteiger partial charge in [-0.1, -0.05) is 11.6 Å². The molecule has 1 aliphatic carbocycles. The van der Waals surface area contributed by atoms with Gasteiger partial charge in [0.25, 0.3) is 0 Å². The molecule has 0 unspecified atom stereocenters. The smallest absolute Gasteiger partial charge is 0.168 e. The van der Waals surface area contributed by atoms with Crippen LogP contribution in [0.1, 0.15) is 48.2 Å². The highest BCUT2D eigenvalue weighted by atomic mass is 16.1. The molecule has 0 atom stereocenters. The summed E-state index contributed by atoms with van der Waals surface area (Å²) in [4.78, 5) is 16.1. The number of aromatic nitrogens is 1. The lowest BCUT2D eigenvalue weighted by Gasteiger charge is -2.11. The van der Waals surface area contributed by atoms with Crippen LogP contribution in [0, 0.1) is 6.92 Å². The summed E-state index contributed by atoms with van der Waals surface area (Å²) >= 11 is 0. The summed E-state index contributed by atoms with van der Waals surface area (Å²) in [6, 6.07) is 3.76. The van der Waals surface area contributed by atoms with Crippen molar-refractivity contribution in [2.75, 3.05) is 0 Å². The monoisotopic (exact) mass is 215 g/mol. The van der Waals surface area contributed by atoms with Crippen molar-refractivity contribution in [3.8, 4) is 0 Å². The number of Topliss-reactive ketones (excluding diaryl/α,β-unsaturated/α-hetero) is 1. The van der Waals surface area contributed by atoms with E-state index in [0.717, 1.165) is 24.1 Å². The predicted molar refractivity (Wildman–Crippen MR) is 64.5 cm³/mol. The van der Waals surface area contributed by atoms with Crippen LogP contribution in [0.2, 0.25) is 0 Å². The molecule has 1 heterocycles. The normalized spacial score (nSPS) is 15.7. The molecule has 0 aliphatic heterocycles. The molecule has 0 amide bonds. The van der Waals surface area contributed by atoms with Gasteiger partial charge in [-0.25, -0.2) is 0 Å². The second kappa shape index (κ2) is 5.06. The zero-order chi connectivity index (χ0) is 11.4. The van der Waals surface area contributed by atoms with Gasteiger partial charge < -0.3 is 0 Å². The van der Waals surface area contributed by atoms with Crippen molar-refractivity contribution < 1.29 is 4.79 Å². The van der Waals surface area contributed by atoms with Crippen LogP contribution in [0.5, 0.6) is 0 Å². The van der Waals surface area contributed by atoms with Gasteiger partial charge in [-0.05, 0) is 44.7 Å². The van der Waals surface area contributed by atoms with Gasteiger partial charge in [0, 0.05) is 23.9 Å². The minimum absolute atomic E-state index is 0.195. The zero-order valence-electron chi connectivity index (χ0n) is 9.70. The van der Waals surface area contributed by atoms with Crippen LogP contribution >= 0.6 is 0 Å². The largest absolute Gasteiger partial charge is 0.294 e. The third kappa shape index (κ3) is 2.78. The van der Waals surface area contributed by atoms with E-state index in [2.05, 4.69) is 11.1 Å². The molecule has 0 aromatic carbocycles. The summed E-state index contributed by atoms with van der Waals surface area (Å²) < 4.78 is 0. The highest BCUT2D eigenvalue weighted by Gasteiger charge is 2.11. The van der Waals surface area contributed by atoms with E-state index in [4.69, 9.17) is 0 Å².